The summed E-state index contributed by atoms with van der Waals surface area (Å²) in [5, 5.41) is 0. The van der Waals surface area contributed by atoms with Crippen molar-refractivity contribution in [2.75, 3.05) is 40.2 Å². The van der Waals surface area contributed by atoms with Crippen molar-refractivity contribution < 1.29 is 14.2 Å². The predicted molar refractivity (Wildman–Crippen MR) is 101 cm³/mol. The molecule has 3 atom stereocenters. The van der Waals surface area contributed by atoms with Gasteiger partial charge < -0.3 is 19.1 Å². The lowest BCUT2D eigenvalue weighted by atomic mass is 9.62. The maximum absolute atomic E-state index is 6.22. The first kappa shape index (κ1) is 17.5. The molecule has 2 aliphatic heterocycles. The number of hydrogen-bond donors (Lipinski definition) is 0. The number of fused-ring (bicyclic) bond motifs is 1. The van der Waals surface area contributed by atoms with Gasteiger partial charge in [0.1, 0.15) is 4.93 Å². The maximum atomic E-state index is 6.22. The Hall–Kier alpha value is -0.910. The fourth-order valence-electron chi connectivity index (χ4n) is 5.26. The van der Waals surface area contributed by atoms with E-state index in [1.54, 1.807) is 14.2 Å². The Labute approximate surface area is 155 Å². The molecule has 4 rings (SSSR count). The topological polar surface area (TPSA) is 30.9 Å². The lowest BCUT2D eigenvalue weighted by Gasteiger charge is -2.50. The monoisotopic (exact) mass is 363 g/mol. The molecule has 0 aromatic rings. The van der Waals surface area contributed by atoms with Crippen molar-refractivity contribution in [3.05, 3.63) is 35.8 Å². The van der Waals surface area contributed by atoms with Crippen LogP contribution < -0.4 is 0 Å². The van der Waals surface area contributed by atoms with Crippen molar-refractivity contribution in [3.63, 3.8) is 0 Å². The van der Waals surface area contributed by atoms with Crippen LogP contribution >= 0.6 is 11.8 Å². The average molecular weight is 364 g/mol. The van der Waals surface area contributed by atoms with Gasteiger partial charge in [-0.25, -0.2) is 0 Å². The van der Waals surface area contributed by atoms with Crippen molar-refractivity contribution in [1.82, 2.24) is 4.90 Å². The third-order valence-electron chi connectivity index (χ3n) is 6.67. The number of ether oxygens (including phenoxy) is 3. The highest BCUT2D eigenvalue weighted by Gasteiger charge is 2.57. The van der Waals surface area contributed by atoms with E-state index in [2.05, 4.69) is 36.3 Å². The van der Waals surface area contributed by atoms with E-state index in [9.17, 15) is 0 Å². The van der Waals surface area contributed by atoms with Crippen LogP contribution in [0.1, 0.15) is 25.7 Å². The molecule has 3 fully saturated rings. The number of rotatable bonds is 3. The fourth-order valence-corrected chi connectivity index (χ4v) is 6.49. The first-order valence-electron chi connectivity index (χ1n) is 9.29. The summed E-state index contributed by atoms with van der Waals surface area (Å²) < 4.78 is 17.2. The van der Waals surface area contributed by atoms with E-state index in [0.29, 0.717) is 17.4 Å². The van der Waals surface area contributed by atoms with Gasteiger partial charge in [0.05, 0.1) is 20.8 Å². The van der Waals surface area contributed by atoms with Gasteiger partial charge in [0, 0.05) is 24.1 Å². The molecule has 0 radical (unpaired) electrons. The lowest BCUT2D eigenvalue weighted by molar-refractivity contribution is -0.0412. The molecule has 4 aliphatic rings. The summed E-state index contributed by atoms with van der Waals surface area (Å²) in [6, 6.07) is 0.571. The molecule has 0 aromatic heterocycles. The zero-order valence-electron chi connectivity index (χ0n) is 15.5. The fraction of sp³-hybridized carbons (Fsp3) is 0.700. The van der Waals surface area contributed by atoms with E-state index in [1.165, 1.54) is 25.8 Å². The number of methoxy groups -OCH3 is 2. The van der Waals surface area contributed by atoms with Crippen molar-refractivity contribution in [1.29, 1.82) is 0 Å². The standard InChI is InChI=1S/C20H29NO3S/c1-21-11-10-19(8-9-20(14-18(19)21)24-12-13-25-20)15-4-6-16(22-2)17(23-3)7-5-15/h4-7,15,18H,8-14H2,1-3H3/t18-,19-,20?/m1/s1. The number of nitrogens with zero attached hydrogens (tertiary/aromatic N) is 1. The van der Waals surface area contributed by atoms with Crippen LogP contribution in [0.4, 0.5) is 0 Å². The van der Waals surface area contributed by atoms with Gasteiger partial charge in [-0.2, -0.15) is 0 Å². The third-order valence-corrected chi connectivity index (χ3v) is 8.06. The summed E-state index contributed by atoms with van der Waals surface area (Å²) >= 11 is 2.04. The zero-order valence-corrected chi connectivity index (χ0v) is 16.3. The van der Waals surface area contributed by atoms with Gasteiger partial charge in [-0.15, -0.1) is 11.8 Å². The number of allylic oxidation sites excluding steroid dienone is 4. The van der Waals surface area contributed by atoms with E-state index in [1.807, 2.05) is 11.8 Å². The number of likely N-dealkylation sites (tertiary alicyclic amines) is 1. The molecule has 0 aromatic carbocycles. The molecule has 0 amide bonds. The molecule has 1 unspecified atom stereocenters. The number of thioether (sulfide) groups is 1. The average Bonchev–Trinajstić information content (AvgIpc) is 3.14. The second kappa shape index (κ2) is 6.67. The largest absolute Gasteiger partial charge is 0.493 e. The molecule has 2 heterocycles. The molecule has 2 aliphatic carbocycles. The van der Waals surface area contributed by atoms with Crippen LogP contribution in [0.2, 0.25) is 0 Å². The summed E-state index contributed by atoms with van der Waals surface area (Å²) in [6.45, 7) is 2.08. The molecule has 4 nitrogen and oxygen atoms in total. The molecule has 1 spiro atoms. The molecule has 2 saturated heterocycles. The van der Waals surface area contributed by atoms with Gasteiger partial charge in [-0.3, -0.25) is 0 Å². The second-order valence-electron chi connectivity index (χ2n) is 7.67. The van der Waals surface area contributed by atoms with Crippen LogP contribution in [0.3, 0.4) is 0 Å². The third kappa shape index (κ3) is 2.84. The van der Waals surface area contributed by atoms with E-state index in [0.717, 1.165) is 30.3 Å². The van der Waals surface area contributed by atoms with Gasteiger partial charge in [0.25, 0.3) is 0 Å². The SMILES string of the molecule is COC1=C(OC)C=CC([C@@]23CCN(C)[C@@H]2CC2(CC3)OCCS2)C=C1. The van der Waals surface area contributed by atoms with Crippen LogP contribution in [-0.2, 0) is 14.2 Å². The Bertz CT molecular complexity index is 584. The van der Waals surface area contributed by atoms with Gasteiger partial charge in [0.15, 0.2) is 11.5 Å². The quantitative estimate of drug-likeness (QED) is 0.765. The maximum Gasteiger partial charge on any atom is 0.160 e. The lowest BCUT2D eigenvalue weighted by Crippen LogP contribution is -2.51. The normalized spacial score (nSPS) is 39.1. The van der Waals surface area contributed by atoms with Crippen LogP contribution in [0.15, 0.2) is 35.8 Å². The molecule has 5 heteroatoms. The molecular weight excluding hydrogens is 334 g/mol. The van der Waals surface area contributed by atoms with E-state index in [-0.39, 0.29) is 4.93 Å². The Morgan fingerprint density at radius 2 is 1.84 bits per heavy atom. The van der Waals surface area contributed by atoms with Gasteiger partial charge in [-0.05, 0) is 50.4 Å². The van der Waals surface area contributed by atoms with Crippen molar-refractivity contribution in [2.24, 2.45) is 11.3 Å². The molecule has 0 bridgehead atoms. The van der Waals surface area contributed by atoms with E-state index < -0.39 is 0 Å². The van der Waals surface area contributed by atoms with E-state index in [4.69, 9.17) is 14.2 Å². The van der Waals surface area contributed by atoms with Crippen molar-refractivity contribution in [2.45, 2.75) is 36.7 Å². The molecule has 1 saturated carbocycles. The Kier molecular flexibility index (Phi) is 4.67. The smallest absolute Gasteiger partial charge is 0.160 e. The molecular formula is C20H29NO3S. The second-order valence-corrected chi connectivity index (χ2v) is 9.11. The van der Waals surface area contributed by atoms with Crippen LogP contribution in [-0.4, -0.2) is 56.0 Å². The highest BCUT2D eigenvalue weighted by Crippen LogP contribution is 2.58. The van der Waals surface area contributed by atoms with Crippen LogP contribution in [0.25, 0.3) is 0 Å². The highest BCUT2D eigenvalue weighted by atomic mass is 32.2. The minimum atomic E-state index is 0.0680. The minimum Gasteiger partial charge on any atom is -0.493 e. The molecule has 25 heavy (non-hydrogen) atoms. The zero-order chi connectivity index (χ0) is 17.5. The summed E-state index contributed by atoms with van der Waals surface area (Å²) in [5.41, 5.74) is 0.293. The van der Waals surface area contributed by atoms with Crippen molar-refractivity contribution >= 4 is 11.8 Å². The number of hydrogen-bond acceptors (Lipinski definition) is 5. The van der Waals surface area contributed by atoms with Gasteiger partial charge in [-0.1, -0.05) is 12.2 Å². The predicted octanol–water partition coefficient (Wildman–Crippen LogP) is 3.57. The van der Waals surface area contributed by atoms with E-state index >= 15 is 0 Å². The Balaban J connectivity index is 1.63. The first-order chi connectivity index (χ1) is 12.1. The van der Waals surface area contributed by atoms with Crippen LogP contribution in [0, 0.1) is 11.3 Å². The Morgan fingerprint density at radius 3 is 2.44 bits per heavy atom. The minimum absolute atomic E-state index is 0.0680. The highest BCUT2D eigenvalue weighted by molar-refractivity contribution is 8.00. The van der Waals surface area contributed by atoms with Gasteiger partial charge >= 0.3 is 0 Å². The van der Waals surface area contributed by atoms with Crippen LogP contribution in [0.5, 0.6) is 0 Å². The van der Waals surface area contributed by atoms with Crippen molar-refractivity contribution in [3.8, 4) is 0 Å². The summed E-state index contributed by atoms with van der Waals surface area (Å²) in [5.74, 6) is 3.17. The first-order valence-corrected chi connectivity index (χ1v) is 10.3. The summed E-state index contributed by atoms with van der Waals surface area (Å²) in [4.78, 5) is 2.64. The molecule has 138 valence electrons. The van der Waals surface area contributed by atoms with Gasteiger partial charge in [0.2, 0.25) is 0 Å². The summed E-state index contributed by atoms with van der Waals surface area (Å²) in [7, 11) is 5.70. The Morgan fingerprint density at radius 1 is 1.12 bits per heavy atom. The molecule has 0 N–H and O–H groups in total. The summed E-state index contributed by atoms with van der Waals surface area (Å²) in [6.07, 6.45) is 13.6.